The Balaban J connectivity index is 2.18. The molecule has 1 fully saturated rings. The van der Waals surface area contributed by atoms with E-state index in [9.17, 15) is 30.3 Å². The van der Waals surface area contributed by atoms with Crippen molar-refractivity contribution in [2.75, 3.05) is 13.2 Å². The minimum atomic E-state index is -1.58. The molecule has 0 aromatic rings. The van der Waals surface area contributed by atoms with Crippen LogP contribution in [0.15, 0.2) is 97.2 Å². The van der Waals surface area contributed by atoms with Gasteiger partial charge >= 0.3 is 0 Å². The molecule has 9 heteroatoms. The van der Waals surface area contributed by atoms with Gasteiger partial charge in [-0.1, -0.05) is 297 Å². The first-order chi connectivity index (χ1) is 39.8. The molecular weight excluding hydrogens is 1010 g/mol. The van der Waals surface area contributed by atoms with E-state index in [0.717, 1.165) is 77.0 Å². The van der Waals surface area contributed by atoms with Crippen LogP contribution in [0, 0.1) is 0 Å². The van der Waals surface area contributed by atoms with Gasteiger partial charge in [0, 0.05) is 6.42 Å². The van der Waals surface area contributed by atoms with E-state index in [1.54, 1.807) is 6.08 Å². The summed E-state index contributed by atoms with van der Waals surface area (Å²) >= 11 is 0. The van der Waals surface area contributed by atoms with Crippen molar-refractivity contribution in [2.45, 2.75) is 339 Å². The fourth-order valence-electron chi connectivity index (χ4n) is 10.3. The van der Waals surface area contributed by atoms with E-state index >= 15 is 0 Å². The van der Waals surface area contributed by atoms with E-state index in [1.165, 1.54) is 199 Å². The number of aliphatic hydroxyl groups is 5. The van der Waals surface area contributed by atoms with Gasteiger partial charge in [0.1, 0.15) is 24.4 Å². The molecule has 0 saturated carbocycles. The van der Waals surface area contributed by atoms with Crippen molar-refractivity contribution in [1.82, 2.24) is 5.32 Å². The second-order valence-electron chi connectivity index (χ2n) is 23.2. The van der Waals surface area contributed by atoms with E-state index in [-0.39, 0.29) is 12.5 Å². The average Bonchev–Trinajstić information content (AvgIpc) is 3.47. The molecule has 0 radical (unpaired) electrons. The molecule has 1 aliphatic heterocycles. The Morgan fingerprint density at radius 1 is 0.432 bits per heavy atom. The minimum Gasteiger partial charge on any atom is -0.394 e. The number of carbonyl (C=O) groups is 1. The first kappa shape index (κ1) is 76.1. The second kappa shape index (κ2) is 60.2. The van der Waals surface area contributed by atoms with Gasteiger partial charge in [-0.15, -0.1) is 0 Å². The van der Waals surface area contributed by atoms with Gasteiger partial charge in [-0.05, 0) is 89.9 Å². The Bertz CT molecular complexity index is 1600. The van der Waals surface area contributed by atoms with Gasteiger partial charge in [-0.3, -0.25) is 4.79 Å². The summed E-state index contributed by atoms with van der Waals surface area (Å²) in [5.41, 5.74) is 0. The number of allylic oxidation sites excluding steroid dienone is 15. The number of rotatable bonds is 58. The molecular formula is C72H127NO8. The molecule has 1 rings (SSSR count). The summed E-state index contributed by atoms with van der Waals surface area (Å²) in [6, 6.07) is -0.835. The van der Waals surface area contributed by atoms with Gasteiger partial charge in [0.25, 0.3) is 0 Å². The zero-order chi connectivity index (χ0) is 58.6. The van der Waals surface area contributed by atoms with E-state index in [2.05, 4.69) is 104 Å². The summed E-state index contributed by atoms with van der Waals surface area (Å²) in [5, 5.41) is 54.7. The van der Waals surface area contributed by atoms with Crippen LogP contribution in [0.25, 0.3) is 0 Å². The molecule has 0 bridgehead atoms. The fourth-order valence-corrected chi connectivity index (χ4v) is 10.3. The van der Waals surface area contributed by atoms with E-state index in [1.807, 2.05) is 6.08 Å². The normalized spacial score (nSPS) is 19.0. The van der Waals surface area contributed by atoms with E-state index < -0.39 is 49.5 Å². The lowest BCUT2D eigenvalue weighted by atomic mass is 9.99. The minimum absolute atomic E-state index is 0.191. The number of unbranched alkanes of at least 4 members (excludes halogenated alkanes) is 34. The smallest absolute Gasteiger partial charge is 0.220 e. The van der Waals surface area contributed by atoms with Crippen LogP contribution >= 0.6 is 0 Å². The van der Waals surface area contributed by atoms with Gasteiger partial charge in [0.2, 0.25) is 5.91 Å². The number of carbonyl (C=O) groups excluding carboxylic acids is 1. The van der Waals surface area contributed by atoms with Crippen molar-refractivity contribution in [3.8, 4) is 0 Å². The SMILES string of the molecule is CC/C=C\C/C=C\C/C=C\C/C=C\C/C=C\CCCCCCCCCCCCCCCCCC(=O)NC(COC1OC(CO)C(O)C(O)C1O)C(O)/C=C/CC/C=C/CC/C=C/CCCCCCCCCCCCCCCCCCC. The number of amides is 1. The van der Waals surface area contributed by atoms with E-state index in [0.29, 0.717) is 6.42 Å². The fraction of sp³-hybridized carbons (Fsp3) is 0.764. The standard InChI is InChI=1S/C72H127NO8/c1-3-5-7-9-11-13-15-17-19-21-23-25-27-29-31-32-33-34-36-38-40-42-44-46-48-50-52-54-56-58-60-62-68(76)73-65(64-80-72-71(79)70(78)69(77)67(63-74)81-72)66(75)61-59-57-55-53-51-49-47-45-43-41-39-37-35-30-28-26-24-22-20-18-16-14-12-10-8-6-4-2/h5,7,11,13,17,19,23,25,29,31,43,45,51,53,59,61,65-67,69-72,74-75,77-79H,3-4,6,8-10,12,14-16,18,20-22,24,26-28,30,32-42,44,46-50,52,54-58,60,62-64H2,1-2H3,(H,73,76)/b7-5-,13-11-,19-17-,25-23-,31-29-,45-43+,53-51+,61-59+. The summed E-state index contributed by atoms with van der Waals surface area (Å²) in [7, 11) is 0. The summed E-state index contributed by atoms with van der Waals surface area (Å²) in [4.78, 5) is 13.1. The maximum absolute atomic E-state index is 13.1. The van der Waals surface area contributed by atoms with Crippen molar-refractivity contribution in [2.24, 2.45) is 0 Å². The maximum atomic E-state index is 13.1. The topological polar surface area (TPSA) is 149 Å². The number of hydrogen-bond donors (Lipinski definition) is 6. The Hall–Kier alpha value is -2.89. The third-order valence-electron chi connectivity index (χ3n) is 15.6. The maximum Gasteiger partial charge on any atom is 0.220 e. The summed E-state index contributed by atoms with van der Waals surface area (Å²) in [5.74, 6) is -0.191. The molecule has 81 heavy (non-hydrogen) atoms. The lowest BCUT2D eigenvalue weighted by molar-refractivity contribution is -0.302. The van der Waals surface area contributed by atoms with Crippen molar-refractivity contribution >= 4 is 5.91 Å². The molecule has 468 valence electrons. The molecule has 9 nitrogen and oxygen atoms in total. The molecule has 6 N–H and O–H groups in total. The molecule has 1 saturated heterocycles. The predicted molar refractivity (Wildman–Crippen MR) is 345 cm³/mol. The van der Waals surface area contributed by atoms with Crippen molar-refractivity contribution in [3.63, 3.8) is 0 Å². The van der Waals surface area contributed by atoms with Crippen molar-refractivity contribution < 1.29 is 39.8 Å². The lowest BCUT2D eigenvalue weighted by Gasteiger charge is -2.40. The van der Waals surface area contributed by atoms with Crippen LogP contribution in [0.1, 0.15) is 296 Å². The number of aliphatic hydroxyl groups excluding tert-OH is 5. The molecule has 0 aromatic carbocycles. The summed E-state index contributed by atoms with van der Waals surface area (Å²) in [6.07, 6.45) is 80.7. The second-order valence-corrected chi connectivity index (χ2v) is 23.2. The molecule has 7 unspecified atom stereocenters. The summed E-state index contributed by atoms with van der Waals surface area (Å²) in [6.45, 7) is 3.67. The van der Waals surface area contributed by atoms with Crippen LogP contribution in [0.5, 0.6) is 0 Å². The Kier molecular flexibility index (Phi) is 56.6. The highest BCUT2D eigenvalue weighted by atomic mass is 16.7. The summed E-state index contributed by atoms with van der Waals surface area (Å²) < 4.78 is 11.3. The first-order valence-corrected chi connectivity index (χ1v) is 34.0. The predicted octanol–water partition coefficient (Wildman–Crippen LogP) is 18.3. The quantitative estimate of drug-likeness (QED) is 0.0261. The van der Waals surface area contributed by atoms with Gasteiger partial charge in [-0.2, -0.15) is 0 Å². The number of ether oxygens (including phenoxy) is 2. The highest BCUT2D eigenvalue weighted by molar-refractivity contribution is 5.76. The molecule has 0 aromatic heterocycles. The molecule has 1 aliphatic rings. The van der Waals surface area contributed by atoms with Crippen LogP contribution in [0.3, 0.4) is 0 Å². The highest BCUT2D eigenvalue weighted by Gasteiger charge is 2.44. The third-order valence-corrected chi connectivity index (χ3v) is 15.6. The first-order valence-electron chi connectivity index (χ1n) is 34.0. The Morgan fingerprint density at radius 2 is 0.778 bits per heavy atom. The molecule has 0 aliphatic carbocycles. The van der Waals surface area contributed by atoms with Crippen LogP contribution in [0.2, 0.25) is 0 Å². The third kappa shape index (κ3) is 49.1. The number of nitrogens with one attached hydrogen (secondary N) is 1. The monoisotopic (exact) mass is 1130 g/mol. The molecule has 1 heterocycles. The number of hydrogen-bond acceptors (Lipinski definition) is 8. The average molecular weight is 1130 g/mol. The van der Waals surface area contributed by atoms with Crippen LogP contribution in [-0.4, -0.2) is 87.5 Å². The zero-order valence-electron chi connectivity index (χ0n) is 52.3. The zero-order valence-corrected chi connectivity index (χ0v) is 52.3. The highest BCUT2D eigenvalue weighted by Crippen LogP contribution is 2.23. The Labute approximate surface area is 498 Å². The van der Waals surface area contributed by atoms with E-state index in [4.69, 9.17) is 9.47 Å². The van der Waals surface area contributed by atoms with Crippen LogP contribution in [0.4, 0.5) is 0 Å². The van der Waals surface area contributed by atoms with Crippen molar-refractivity contribution in [1.29, 1.82) is 0 Å². The van der Waals surface area contributed by atoms with Gasteiger partial charge in [0.05, 0.1) is 25.4 Å². The van der Waals surface area contributed by atoms with Gasteiger partial charge in [-0.25, -0.2) is 0 Å². The largest absolute Gasteiger partial charge is 0.394 e. The lowest BCUT2D eigenvalue weighted by Crippen LogP contribution is -2.60. The van der Waals surface area contributed by atoms with Gasteiger partial charge in [0.15, 0.2) is 6.29 Å². The van der Waals surface area contributed by atoms with Crippen LogP contribution in [-0.2, 0) is 14.3 Å². The molecule has 7 atom stereocenters. The van der Waals surface area contributed by atoms with Gasteiger partial charge < -0.3 is 40.3 Å². The molecule has 1 amide bonds. The van der Waals surface area contributed by atoms with Crippen molar-refractivity contribution in [3.05, 3.63) is 97.2 Å². The Morgan fingerprint density at radius 3 is 1.19 bits per heavy atom. The molecule has 0 spiro atoms. The van der Waals surface area contributed by atoms with Crippen LogP contribution < -0.4 is 5.32 Å².